The Balaban J connectivity index is 2.17. The van der Waals surface area contributed by atoms with Crippen LogP contribution in [0, 0.1) is 0 Å². The largest absolute Gasteiger partial charge is 0.478 e. The van der Waals surface area contributed by atoms with Crippen LogP contribution in [-0.4, -0.2) is 22.5 Å². The second-order valence-corrected chi connectivity index (χ2v) is 4.69. The van der Waals surface area contributed by atoms with Gasteiger partial charge in [0.1, 0.15) is 5.75 Å². The van der Waals surface area contributed by atoms with E-state index in [-0.39, 0.29) is 5.78 Å². The maximum atomic E-state index is 11.3. The second kappa shape index (κ2) is 4.80. The van der Waals surface area contributed by atoms with Crippen LogP contribution in [0.15, 0.2) is 24.3 Å². The molecule has 4 nitrogen and oxygen atoms in total. The van der Waals surface area contributed by atoms with Gasteiger partial charge in [-0.05, 0) is 56.9 Å². The van der Waals surface area contributed by atoms with Gasteiger partial charge in [0.05, 0.1) is 0 Å². The predicted molar refractivity (Wildman–Crippen MR) is 65.9 cm³/mol. The Kier molecular flexibility index (Phi) is 3.36. The van der Waals surface area contributed by atoms with E-state index < -0.39 is 11.6 Å². The van der Waals surface area contributed by atoms with Crippen LogP contribution in [-0.2, 0) is 4.79 Å². The van der Waals surface area contributed by atoms with E-state index in [1.165, 1.54) is 6.92 Å². The molecule has 0 heterocycles. The standard InChI is InChI=1S/C14H16O4/c1-10(15)11-4-6-12(7-5-11)18-14(13(16)17)8-2-3-9-14/h4-7H,2-3,8-9H2,1H3,(H,16,17). The van der Waals surface area contributed by atoms with Gasteiger partial charge >= 0.3 is 5.97 Å². The third kappa shape index (κ3) is 2.37. The van der Waals surface area contributed by atoms with E-state index >= 15 is 0 Å². The smallest absolute Gasteiger partial charge is 0.348 e. The lowest BCUT2D eigenvalue weighted by Crippen LogP contribution is -2.41. The van der Waals surface area contributed by atoms with Crippen LogP contribution in [0.1, 0.15) is 43.0 Å². The van der Waals surface area contributed by atoms with Gasteiger partial charge in [-0.15, -0.1) is 0 Å². The molecule has 18 heavy (non-hydrogen) atoms. The number of hydrogen-bond donors (Lipinski definition) is 1. The van der Waals surface area contributed by atoms with Gasteiger partial charge in [0, 0.05) is 5.56 Å². The van der Waals surface area contributed by atoms with Gasteiger partial charge in [0.2, 0.25) is 5.60 Å². The summed E-state index contributed by atoms with van der Waals surface area (Å²) in [7, 11) is 0. The van der Waals surface area contributed by atoms with Crippen molar-refractivity contribution in [1.82, 2.24) is 0 Å². The summed E-state index contributed by atoms with van der Waals surface area (Å²) in [5.74, 6) is -0.421. The SMILES string of the molecule is CC(=O)c1ccc(OC2(C(=O)O)CCCC2)cc1. The van der Waals surface area contributed by atoms with Gasteiger partial charge in [0.15, 0.2) is 5.78 Å². The maximum Gasteiger partial charge on any atom is 0.348 e. The number of rotatable bonds is 4. The minimum Gasteiger partial charge on any atom is -0.478 e. The van der Waals surface area contributed by atoms with E-state index in [4.69, 9.17) is 4.74 Å². The average molecular weight is 248 g/mol. The fraction of sp³-hybridized carbons (Fsp3) is 0.429. The van der Waals surface area contributed by atoms with Crippen molar-refractivity contribution in [3.8, 4) is 5.75 Å². The van der Waals surface area contributed by atoms with Crippen LogP contribution >= 0.6 is 0 Å². The average Bonchev–Trinajstić information content (AvgIpc) is 2.79. The van der Waals surface area contributed by atoms with Crippen molar-refractivity contribution in [3.05, 3.63) is 29.8 Å². The molecule has 1 fully saturated rings. The summed E-state index contributed by atoms with van der Waals surface area (Å²) in [6.45, 7) is 1.49. The molecule has 0 aliphatic heterocycles. The number of carbonyl (C=O) groups is 2. The topological polar surface area (TPSA) is 63.6 Å². The Labute approximate surface area is 106 Å². The number of carbonyl (C=O) groups excluding carboxylic acids is 1. The number of benzene rings is 1. The molecular weight excluding hydrogens is 232 g/mol. The lowest BCUT2D eigenvalue weighted by atomic mass is 10.0. The number of Topliss-reactive ketones (excluding diaryl/α,β-unsaturated/α-hetero) is 1. The van der Waals surface area contributed by atoms with Crippen LogP contribution in [0.3, 0.4) is 0 Å². The molecule has 0 spiro atoms. The highest BCUT2D eigenvalue weighted by Crippen LogP contribution is 2.34. The van der Waals surface area contributed by atoms with Crippen molar-refractivity contribution >= 4 is 11.8 Å². The monoisotopic (exact) mass is 248 g/mol. The third-order valence-electron chi connectivity index (χ3n) is 3.38. The molecule has 1 aromatic rings. The molecule has 96 valence electrons. The lowest BCUT2D eigenvalue weighted by Gasteiger charge is -2.25. The highest BCUT2D eigenvalue weighted by Gasteiger charge is 2.43. The van der Waals surface area contributed by atoms with E-state index in [0.29, 0.717) is 24.2 Å². The summed E-state index contributed by atoms with van der Waals surface area (Å²) in [4.78, 5) is 22.5. The highest BCUT2D eigenvalue weighted by molar-refractivity contribution is 5.94. The molecule has 0 bridgehead atoms. The molecule has 0 atom stereocenters. The van der Waals surface area contributed by atoms with E-state index in [1.54, 1.807) is 24.3 Å². The second-order valence-electron chi connectivity index (χ2n) is 4.69. The summed E-state index contributed by atoms with van der Waals surface area (Å²) >= 11 is 0. The molecule has 1 aromatic carbocycles. The summed E-state index contributed by atoms with van der Waals surface area (Å²) in [5, 5.41) is 9.29. The number of ketones is 1. The van der Waals surface area contributed by atoms with Gasteiger partial charge in [-0.2, -0.15) is 0 Å². The zero-order valence-corrected chi connectivity index (χ0v) is 10.3. The van der Waals surface area contributed by atoms with E-state index in [2.05, 4.69) is 0 Å². The number of ether oxygens (including phenoxy) is 1. The molecule has 0 saturated heterocycles. The number of aliphatic carboxylic acids is 1. The molecule has 1 aliphatic rings. The van der Waals surface area contributed by atoms with Crippen LogP contribution < -0.4 is 4.74 Å². The molecule has 0 radical (unpaired) electrons. The Hall–Kier alpha value is -1.84. The number of carboxylic acid groups (broad SMARTS) is 1. The zero-order chi connectivity index (χ0) is 13.2. The Morgan fingerprint density at radius 3 is 2.17 bits per heavy atom. The first-order chi connectivity index (χ1) is 8.53. The molecule has 1 saturated carbocycles. The van der Waals surface area contributed by atoms with Gasteiger partial charge in [-0.1, -0.05) is 0 Å². The quantitative estimate of drug-likeness (QED) is 0.832. The fourth-order valence-corrected chi connectivity index (χ4v) is 2.29. The van der Waals surface area contributed by atoms with Crippen LogP contribution in [0.2, 0.25) is 0 Å². The van der Waals surface area contributed by atoms with E-state index in [0.717, 1.165) is 12.8 Å². The zero-order valence-electron chi connectivity index (χ0n) is 10.3. The third-order valence-corrected chi connectivity index (χ3v) is 3.38. The highest BCUT2D eigenvalue weighted by atomic mass is 16.5. The number of hydrogen-bond acceptors (Lipinski definition) is 3. The molecule has 0 unspecified atom stereocenters. The maximum absolute atomic E-state index is 11.3. The van der Waals surface area contributed by atoms with Crippen LogP contribution in [0.4, 0.5) is 0 Å². The van der Waals surface area contributed by atoms with Gasteiger partial charge < -0.3 is 9.84 Å². The minimum atomic E-state index is -1.09. The van der Waals surface area contributed by atoms with Crippen molar-refractivity contribution in [2.45, 2.75) is 38.2 Å². The molecule has 0 aromatic heterocycles. The molecule has 1 aliphatic carbocycles. The Morgan fingerprint density at radius 2 is 1.72 bits per heavy atom. The first kappa shape index (κ1) is 12.6. The summed E-state index contributed by atoms with van der Waals surface area (Å²) in [5.41, 5.74) is -0.490. The molecule has 2 rings (SSSR count). The van der Waals surface area contributed by atoms with Gasteiger partial charge in [-0.25, -0.2) is 4.79 Å². The van der Waals surface area contributed by atoms with E-state index in [9.17, 15) is 14.7 Å². The van der Waals surface area contributed by atoms with Crippen molar-refractivity contribution in [2.24, 2.45) is 0 Å². The summed E-state index contributed by atoms with van der Waals surface area (Å²) < 4.78 is 5.65. The normalized spacial score (nSPS) is 17.4. The molecular formula is C14H16O4. The first-order valence-corrected chi connectivity index (χ1v) is 6.07. The first-order valence-electron chi connectivity index (χ1n) is 6.07. The van der Waals surface area contributed by atoms with Crippen LogP contribution in [0.5, 0.6) is 5.75 Å². The predicted octanol–water partition coefficient (Wildman–Crippen LogP) is 2.67. The fourth-order valence-electron chi connectivity index (χ4n) is 2.29. The summed E-state index contributed by atoms with van der Waals surface area (Å²) in [6, 6.07) is 6.61. The Morgan fingerprint density at radius 1 is 1.17 bits per heavy atom. The lowest BCUT2D eigenvalue weighted by molar-refractivity contribution is -0.154. The van der Waals surface area contributed by atoms with E-state index in [1.807, 2.05) is 0 Å². The summed E-state index contributed by atoms with van der Waals surface area (Å²) in [6.07, 6.45) is 2.82. The number of carboxylic acids is 1. The van der Waals surface area contributed by atoms with Crippen molar-refractivity contribution < 1.29 is 19.4 Å². The minimum absolute atomic E-state index is 0.0182. The van der Waals surface area contributed by atoms with Gasteiger partial charge in [0.25, 0.3) is 0 Å². The molecule has 1 N–H and O–H groups in total. The molecule has 0 amide bonds. The Bertz CT molecular complexity index is 455. The molecule has 4 heteroatoms. The van der Waals surface area contributed by atoms with Crippen molar-refractivity contribution in [1.29, 1.82) is 0 Å². The van der Waals surface area contributed by atoms with Gasteiger partial charge in [-0.3, -0.25) is 4.79 Å². The van der Waals surface area contributed by atoms with Crippen LogP contribution in [0.25, 0.3) is 0 Å². The van der Waals surface area contributed by atoms with Crippen molar-refractivity contribution in [2.75, 3.05) is 0 Å². The van der Waals surface area contributed by atoms with Crippen molar-refractivity contribution in [3.63, 3.8) is 0 Å².